The van der Waals surface area contributed by atoms with Crippen molar-refractivity contribution in [2.45, 2.75) is 51.1 Å². The number of hydrogen-bond donors (Lipinski definition) is 2. The van der Waals surface area contributed by atoms with Crippen LogP contribution in [0.15, 0.2) is 0 Å². The number of urea groups is 1. The topological polar surface area (TPSA) is 87.7 Å². The second kappa shape index (κ2) is 6.35. The standard InChI is InChI=1S/C17H27N3O4/c1-10(13-7-11-4-5-12(13)6-11)18-14(21)8-20-15(22)17(2,9-24-3)19-16(20)23/h10-13H,4-9H2,1-3H3,(H,18,21)(H,19,23)/t10-,11+,12+,13-,17+/m1/s1. The van der Waals surface area contributed by atoms with Crippen molar-refractivity contribution in [3.63, 3.8) is 0 Å². The van der Waals surface area contributed by atoms with Crippen LogP contribution in [-0.2, 0) is 14.3 Å². The Morgan fingerprint density at radius 2 is 2.17 bits per heavy atom. The fourth-order valence-electron chi connectivity index (χ4n) is 4.73. The molecule has 24 heavy (non-hydrogen) atoms. The Labute approximate surface area is 142 Å². The second-order valence-electron chi connectivity index (χ2n) is 7.78. The molecule has 0 unspecified atom stereocenters. The summed E-state index contributed by atoms with van der Waals surface area (Å²) < 4.78 is 5.00. The highest BCUT2D eigenvalue weighted by Crippen LogP contribution is 2.49. The quantitative estimate of drug-likeness (QED) is 0.705. The molecule has 2 aliphatic carbocycles. The monoisotopic (exact) mass is 337 g/mol. The molecule has 0 aromatic heterocycles. The van der Waals surface area contributed by atoms with Gasteiger partial charge in [0.25, 0.3) is 5.91 Å². The fourth-order valence-corrected chi connectivity index (χ4v) is 4.73. The molecule has 1 saturated heterocycles. The molecule has 0 aromatic carbocycles. The molecule has 2 N–H and O–H groups in total. The molecule has 0 radical (unpaired) electrons. The minimum Gasteiger partial charge on any atom is -0.382 e. The maximum Gasteiger partial charge on any atom is 0.325 e. The zero-order valence-corrected chi connectivity index (χ0v) is 14.6. The number of hydrogen-bond acceptors (Lipinski definition) is 4. The number of nitrogens with one attached hydrogen (secondary N) is 2. The van der Waals surface area contributed by atoms with E-state index in [0.29, 0.717) is 11.8 Å². The van der Waals surface area contributed by atoms with Gasteiger partial charge in [0, 0.05) is 13.2 Å². The van der Waals surface area contributed by atoms with Crippen LogP contribution in [0.3, 0.4) is 0 Å². The van der Waals surface area contributed by atoms with E-state index >= 15 is 0 Å². The summed E-state index contributed by atoms with van der Waals surface area (Å²) in [5.41, 5.74) is -1.09. The van der Waals surface area contributed by atoms with Crippen molar-refractivity contribution < 1.29 is 19.1 Å². The first-order valence-corrected chi connectivity index (χ1v) is 8.76. The van der Waals surface area contributed by atoms with Crippen molar-refractivity contribution in [2.24, 2.45) is 17.8 Å². The number of rotatable bonds is 6. The lowest BCUT2D eigenvalue weighted by Crippen LogP contribution is -2.49. The lowest BCUT2D eigenvalue weighted by molar-refractivity contribution is -0.136. The predicted octanol–water partition coefficient (Wildman–Crippen LogP) is 0.884. The van der Waals surface area contributed by atoms with Crippen molar-refractivity contribution in [2.75, 3.05) is 20.3 Å². The lowest BCUT2D eigenvalue weighted by Gasteiger charge is -2.29. The molecule has 5 atom stereocenters. The average molecular weight is 337 g/mol. The second-order valence-corrected chi connectivity index (χ2v) is 7.78. The number of methoxy groups -OCH3 is 1. The van der Waals surface area contributed by atoms with E-state index in [0.717, 1.165) is 10.8 Å². The Bertz CT molecular complexity index is 552. The summed E-state index contributed by atoms with van der Waals surface area (Å²) in [7, 11) is 1.47. The van der Waals surface area contributed by atoms with Gasteiger partial charge < -0.3 is 15.4 Å². The maximum absolute atomic E-state index is 12.4. The molecule has 4 amide bonds. The van der Waals surface area contributed by atoms with E-state index in [9.17, 15) is 14.4 Å². The minimum atomic E-state index is -1.09. The van der Waals surface area contributed by atoms with Crippen molar-refractivity contribution in [3.05, 3.63) is 0 Å². The summed E-state index contributed by atoms with van der Waals surface area (Å²) in [5.74, 6) is 1.36. The molecule has 1 aliphatic heterocycles. The highest BCUT2D eigenvalue weighted by Gasteiger charge is 2.48. The molecule has 3 rings (SSSR count). The van der Waals surface area contributed by atoms with Crippen LogP contribution < -0.4 is 10.6 Å². The molecule has 0 aromatic rings. The van der Waals surface area contributed by atoms with Gasteiger partial charge in [-0.3, -0.25) is 14.5 Å². The van der Waals surface area contributed by atoms with Gasteiger partial charge >= 0.3 is 6.03 Å². The van der Waals surface area contributed by atoms with Gasteiger partial charge in [0.1, 0.15) is 12.1 Å². The Morgan fingerprint density at radius 3 is 2.75 bits per heavy atom. The van der Waals surface area contributed by atoms with E-state index in [4.69, 9.17) is 4.74 Å². The molecule has 2 bridgehead atoms. The summed E-state index contributed by atoms with van der Waals surface area (Å²) in [6.07, 6.45) is 5.05. The van der Waals surface area contributed by atoms with Gasteiger partial charge in [-0.15, -0.1) is 0 Å². The van der Waals surface area contributed by atoms with Crippen LogP contribution in [-0.4, -0.2) is 54.6 Å². The van der Waals surface area contributed by atoms with Crippen molar-refractivity contribution in [3.8, 4) is 0 Å². The number of amides is 4. The number of imide groups is 1. The average Bonchev–Trinajstić information content (AvgIpc) is 3.18. The maximum atomic E-state index is 12.4. The third-order valence-electron chi connectivity index (χ3n) is 5.90. The third-order valence-corrected chi connectivity index (χ3v) is 5.90. The largest absolute Gasteiger partial charge is 0.382 e. The van der Waals surface area contributed by atoms with Crippen LogP contribution in [0.5, 0.6) is 0 Å². The first-order chi connectivity index (χ1) is 11.3. The number of nitrogens with zero attached hydrogens (tertiary/aromatic N) is 1. The fraction of sp³-hybridized carbons (Fsp3) is 0.824. The summed E-state index contributed by atoms with van der Waals surface area (Å²) in [4.78, 5) is 37.7. The van der Waals surface area contributed by atoms with Crippen LogP contribution in [0.2, 0.25) is 0 Å². The van der Waals surface area contributed by atoms with Crippen molar-refractivity contribution in [1.29, 1.82) is 0 Å². The van der Waals surface area contributed by atoms with E-state index in [2.05, 4.69) is 10.6 Å². The molecule has 1 heterocycles. The molecule has 3 fully saturated rings. The van der Waals surface area contributed by atoms with Crippen molar-refractivity contribution >= 4 is 17.8 Å². The zero-order valence-electron chi connectivity index (χ0n) is 14.6. The molecule has 3 aliphatic rings. The Hall–Kier alpha value is -1.63. The number of carbonyl (C=O) groups excluding carboxylic acids is 3. The molecule has 7 nitrogen and oxygen atoms in total. The predicted molar refractivity (Wildman–Crippen MR) is 87.1 cm³/mol. The number of fused-ring (bicyclic) bond motifs is 2. The smallest absolute Gasteiger partial charge is 0.325 e. The van der Waals surface area contributed by atoms with Gasteiger partial charge in [-0.1, -0.05) is 6.42 Å². The summed E-state index contributed by atoms with van der Waals surface area (Å²) >= 11 is 0. The van der Waals surface area contributed by atoms with E-state index in [1.807, 2.05) is 6.92 Å². The minimum absolute atomic E-state index is 0.0806. The van der Waals surface area contributed by atoms with Gasteiger partial charge in [-0.25, -0.2) is 4.79 Å². The van der Waals surface area contributed by atoms with Gasteiger partial charge in [-0.05, 0) is 50.9 Å². The number of carbonyl (C=O) groups is 3. The summed E-state index contributed by atoms with van der Waals surface area (Å²) in [6, 6.07) is -0.457. The third kappa shape index (κ3) is 3.01. The molecule has 2 saturated carbocycles. The Kier molecular flexibility index (Phi) is 4.55. The van der Waals surface area contributed by atoms with Crippen LogP contribution in [0, 0.1) is 17.8 Å². The first-order valence-electron chi connectivity index (χ1n) is 8.76. The molecular formula is C17H27N3O4. The Balaban J connectivity index is 1.55. The van der Waals surface area contributed by atoms with Gasteiger partial charge in [-0.2, -0.15) is 0 Å². The van der Waals surface area contributed by atoms with Crippen LogP contribution in [0.25, 0.3) is 0 Å². The molecular weight excluding hydrogens is 310 g/mol. The molecule has 0 spiro atoms. The van der Waals surface area contributed by atoms with Crippen LogP contribution in [0.4, 0.5) is 4.79 Å². The van der Waals surface area contributed by atoms with Crippen molar-refractivity contribution in [1.82, 2.24) is 15.5 Å². The highest BCUT2D eigenvalue weighted by molar-refractivity contribution is 6.08. The highest BCUT2D eigenvalue weighted by atomic mass is 16.5. The van der Waals surface area contributed by atoms with E-state index in [-0.39, 0.29) is 25.1 Å². The van der Waals surface area contributed by atoms with Crippen LogP contribution >= 0.6 is 0 Å². The van der Waals surface area contributed by atoms with E-state index in [1.165, 1.54) is 32.8 Å². The zero-order chi connectivity index (χ0) is 17.5. The normalized spacial score (nSPS) is 36.1. The summed E-state index contributed by atoms with van der Waals surface area (Å²) in [6.45, 7) is 3.48. The Morgan fingerprint density at radius 1 is 1.42 bits per heavy atom. The lowest BCUT2D eigenvalue weighted by atomic mass is 9.84. The van der Waals surface area contributed by atoms with E-state index in [1.54, 1.807) is 6.92 Å². The first kappa shape index (κ1) is 17.2. The molecule has 134 valence electrons. The number of ether oxygens (including phenoxy) is 1. The molecule has 7 heteroatoms. The van der Waals surface area contributed by atoms with Crippen LogP contribution in [0.1, 0.15) is 39.5 Å². The SMILES string of the molecule is COC[C@]1(C)NC(=O)N(CC(=O)N[C@H](C)[C@H]2C[C@H]3CC[C@H]2C3)C1=O. The van der Waals surface area contributed by atoms with Gasteiger partial charge in [0.15, 0.2) is 0 Å². The van der Waals surface area contributed by atoms with Gasteiger partial charge in [0.05, 0.1) is 6.61 Å². The summed E-state index contributed by atoms with van der Waals surface area (Å²) in [5, 5.41) is 5.59. The van der Waals surface area contributed by atoms with Gasteiger partial charge in [0.2, 0.25) is 5.91 Å². The van der Waals surface area contributed by atoms with E-state index < -0.39 is 17.5 Å².